The largest absolute Gasteiger partial charge is 0.390 e. The Balaban J connectivity index is 2.11. The standard InChI is InChI=1S/C17H26BrNO2/c1-4-21-17(7-5-16(2,3)6-8-17)15(20)10-13-9-14(18)12-19-11-13/h9,11-12,15,20H,4-8,10H2,1-3H3. The second-order valence-corrected chi connectivity index (χ2v) is 7.81. The number of ether oxygens (including phenoxy) is 1. The molecule has 1 aliphatic carbocycles. The highest BCUT2D eigenvalue weighted by Gasteiger charge is 2.44. The van der Waals surface area contributed by atoms with Crippen LogP contribution in [0.25, 0.3) is 0 Å². The maximum Gasteiger partial charge on any atom is 0.0943 e. The van der Waals surface area contributed by atoms with Crippen LogP contribution in [0.3, 0.4) is 0 Å². The van der Waals surface area contributed by atoms with E-state index in [2.05, 4.69) is 34.8 Å². The Morgan fingerprint density at radius 3 is 2.52 bits per heavy atom. The predicted octanol–water partition coefficient (Wildman–Crippen LogP) is 4.12. The van der Waals surface area contributed by atoms with Crippen molar-refractivity contribution >= 4 is 15.9 Å². The first-order chi connectivity index (χ1) is 9.87. The second-order valence-electron chi connectivity index (χ2n) is 6.89. The van der Waals surface area contributed by atoms with Gasteiger partial charge < -0.3 is 9.84 Å². The first-order valence-electron chi connectivity index (χ1n) is 7.78. The fourth-order valence-electron chi connectivity index (χ4n) is 3.19. The van der Waals surface area contributed by atoms with Crippen molar-refractivity contribution in [3.05, 3.63) is 28.5 Å². The number of nitrogens with zero attached hydrogens (tertiary/aromatic N) is 1. The summed E-state index contributed by atoms with van der Waals surface area (Å²) in [6.45, 7) is 7.25. The van der Waals surface area contributed by atoms with Crippen molar-refractivity contribution in [3.63, 3.8) is 0 Å². The molecule has 3 nitrogen and oxygen atoms in total. The average molecular weight is 356 g/mol. The van der Waals surface area contributed by atoms with Gasteiger partial charge in [-0.25, -0.2) is 0 Å². The molecule has 0 saturated heterocycles. The van der Waals surface area contributed by atoms with Gasteiger partial charge in [0.25, 0.3) is 0 Å². The summed E-state index contributed by atoms with van der Waals surface area (Å²) in [5, 5.41) is 10.8. The van der Waals surface area contributed by atoms with E-state index in [-0.39, 0.29) is 0 Å². The second kappa shape index (κ2) is 6.76. The Bertz CT molecular complexity index is 466. The summed E-state index contributed by atoms with van der Waals surface area (Å²) in [5.74, 6) is 0. The summed E-state index contributed by atoms with van der Waals surface area (Å²) in [6, 6.07) is 2.02. The van der Waals surface area contributed by atoms with Crippen molar-refractivity contribution in [2.75, 3.05) is 6.61 Å². The number of hydrogen-bond donors (Lipinski definition) is 1. The number of pyridine rings is 1. The van der Waals surface area contributed by atoms with Gasteiger partial charge in [-0.1, -0.05) is 13.8 Å². The van der Waals surface area contributed by atoms with Crippen molar-refractivity contribution in [2.24, 2.45) is 5.41 Å². The van der Waals surface area contributed by atoms with Crippen LogP contribution in [0.15, 0.2) is 22.9 Å². The fourth-order valence-corrected chi connectivity index (χ4v) is 3.60. The smallest absolute Gasteiger partial charge is 0.0943 e. The van der Waals surface area contributed by atoms with Gasteiger partial charge in [0, 0.05) is 29.9 Å². The zero-order valence-electron chi connectivity index (χ0n) is 13.2. The van der Waals surface area contributed by atoms with Gasteiger partial charge in [0.2, 0.25) is 0 Å². The van der Waals surface area contributed by atoms with Gasteiger partial charge in [-0.3, -0.25) is 4.98 Å². The molecule has 1 N–H and O–H groups in total. The molecule has 118 valence electrons. The minimum absolute atomic E-state index is 0.359. The molecule has 1 saturated carbocycles. The lowest BCUT2D eigenvalue weighted by Gasteiger charge is -2.46. The van der Waals surface area contributed by atoms with Crippen LogP contribution in [0.1, 0.15) is 52.0 Å². The maximum absolute atomic E-state index is 10.8. The topological polar surface area (TPSA) is 42.4 Å². The monoisotopic (exact) mass is 355 g/mol. The van der Waals surface area contributed by atoms with Gasteiger partial charge in [0.05, 0.1) is 11.7 Å². The number of hydrogen-bond acceptors (Lipinski definition) is 3. The van der Waals surface area contributed by atoms with E-state index >= 15 is 0 Å². The third-order valence-corrected chi connectivity index (χ3v) is 5.11. The SMILES string of the molecule is CCOC1(C(O)Cc2cncc(Br)c2)CCC(C)(C)CC1. The summed E-state index contributed by atoms with van der Waals surface area (Å²) in [4.78, 5) is 4.18. The molecule has 1 atom stereocenters. The van der Waals surface area contributed by atoms with Crippen LogP contribution in [0.4, 0.5) is 0 Å². The lowest BCUT2D eigenvalue weighted by molar-refractivity contribution is -0.150. The lowest BCUT2D eigenvalue weighted by atomic mass is 9.68. The molecule has 0 aliphatic heterocycles. The number of aromatic nitrogens is 1. The number of rotatable bonds is 5. The molecule has 1 aliphatic rings. The normalized spacial score (nSPS) is 22.0. The Labute approximate surface area is 136 Å². The molecule has 21 heavy (non-hydrogen) atoms. The lowest BCUT2D eigenvalue weighted by Crippen LogP contribution is -2.50. The summed E-state index contributed by atoms with van der Waals surface area (Å²) >= 11 is 3.43. The van der Waals surface area contributed by atoms with Crippen LogP contribution in [-0.2, 0) is 11.2 Å². The van der Waals surface area contributed by atoms with Gasteiger partial charge in [-0.15, -0.1) is 0 Å². The van der Waals surface area contributed by atoms with E-state index in [0.717, 1.165) is 35.7 Å². The maximum atomic E-state index is 10.8. The van der Waals surface area contributed by atoms with Crippen molar-refractivity contribution < 1.29 is 9.84 Å². The van der Waals surface area contributed by atoms with Crippen LogP contribution < -0.4 is 0 Å². The van der Waals surface area contributed by atoms with E-state index in [1.54, 1.807) is 6.20 Å². The fraction of sp³-hybridized carbons (Fsp3) is 0.706. The van der Waals surface area contributed by atoms with Crippen LogP contribution >= 0.6 is 15.9 Å². The van der Waals surface area contributed by atoms with E-state index in [0.29, 0.717) is 18.4 Å². The molecule has 4 heteroatoms. The van der Waals surface area contributed by atoms with E-state index in [1.807, 2.05) is 19.2 Å². The Kier molecular flexibility index (Phi) is 5.44. The first-order valence-corrected chi connectivity index (χ1v) is 8.58. The van der Waals surface area contributed by atoms with Gasteiger partial charge in [0.1, 0.15) is 0 Å². The Hall–Kier alpha value is -0.450. The molecule has 1 unspecified atom stereocenters. The molecule has 0 radical (unpaired) electrons. The van der Waals surface area contributed by atoms with Gasteiger partial charge in [-0.05, 0) is 65.6 Å². The molecule has 0 amide bonds. The third-order valence-electron chi connectivity index (χ3n) is 4.68. The third kappa shape index (κ3) is 4.27. The quantitative estimate of drug-likeness (QED) is 0.863. The van der Waals surface area contributed by atoms with Crippen LogP contribution in [0.5, 0.6) is 0 Å². The minimum atomic E-state index is -0.482. The van der Waals surface area contributed by atoms with Crippen molar-refractivity contribution in [1.29, 1.82) is 0 Å². The van der Waals surface area contributed by atoms with Crippen molar-refractivity contribution in [2.45, 2.75) is 64.6 Å². The van der Waals surface area contributed by atoms with Crippen LogP contribution in [-0.4, -0.2) is 28.4 Å². The number of aliphatic hydroxyl groups excluding tert-OH is 1. The zero-order valence-corrected chi connectivity index (χ0v) is 14.8. The Morgan fingerprint density at radius 2 is 1.95 bits per heavy atom. The molecule has 1 aromatic rings. The molecule has 0 spiro atoms. The highest BCUT2D eigenvalue weighted by Crippen LogP contribution is 2.44. The molecule has 1 fully saturated rings. The number of halogens is 1. The molecule has 1 aromatic heterocycles. The summed E-state index contributed by atoms with van der Waals surface area (Å²) in [5.41, 5.74) is 1.00. The van der Waals surface area contributed by atoms with Crippen LogP contribution in [0.2, 0.25) is 0 Å². The molecule has 2 rings (SSSR count). The first kappa shape index (κ1) is 16.9. The highest BCUT2D eigenvalue weighted by atomic mass is 79.9. The summed E-state index contributed by atoms with van der Waals surface area (Å²) in [7, 11) is 0. The van der Waals surface area contributed by atoms with Crippen molar-refractivity contribution in [3.8, 4) is 0 Å². The van der Waals surface area contributed by atoms with E-state index in [9.17, 15) is 5.11 Å². The molecular weight excluding hydrogens is 330 g/mol. The van der Waals surface area contributed by atoms with Gasteiger partial charge in [0.15, 0.2) is 0 Å². The summed E-state index contributed by atoms with van der Waals surface area (Å²) < 4.78 is 6.99. The van der Waals surface area contributed by atoms with Crippen LogP contribution in [0, 0.1) is 5.41 Å². The highest BCUT2D eigenvalue weighted by molar-refractivity contribution is 9.10. The van der Waals surface area contributed by atoms with Crippen molar-refractivity contribution in [1.82, 2.24) is 4.98 Å². The predicted molar refractivity (Wildman–Crippen MR) is 88.3 cm³/mol. The number of aliphatic hydroxyl groups is 1. The van der Waals surface area contributed by atoms with E-state index < -0.39 is 11.7 Å². The van der Waals surface area contributed by atoms with E-state index in [1.165, 1.54) is 0 Å². The molecule has 0 bridgehead atoms. The van der Waals surface area contributed by atoms with E-state index in [4.69, 9.17) is 4.74 Å². The van der Waals surface area contributed by atoms with Gasteiger partial charge in [-0.2, -0.15) is 0 Å². The minimum Gasteiger partial charge on any atom is -0.390 e. The molecule has 0 aromatic carbocycles. The molecule has 1 heterocycles. The zero-order chi connectivity index (χ0) is 15.5. The molecular formula is C17H26BrNO2. The Morgan fingerprint density at radius 1 is 1.29 bits per heavy atom. The summed E-state index contributed by atoms with van der Waals surface area (Å²) in [6.07, 6.45) is 7.74. The average Bonchev–Trinajstić information content (AvgIpc) is 2.41. The van der Waals surface area contributed by atoms with Gasteiger partial charge >= 0.3 is 0 Å².